The largest absolute Gasteiger partial charge is 0.478 e. The highest BCUT2D eigenvalue weighted by Gasteiger charge is 2.23. The van der Waals surface area contributed by atoms with Crippen LogP contribution in [0.5, 0.6) is 0 Å². The van der Waals surface area contributed by atoms with Gasteiger partial charge in [-0.05, 0) is 38.3 Å². The van der Waals surface area contributed by atoms with Gasteiger partial charge in [0.2, 0.25) is 10.0 Å². The van der Waals surface area contributed by atoms with E-state index in [0.29, 0.717) is 0 Å². The van der Waals surface area contributed by atoms with Crippen molar-refractivity contribution in [2.45, 2.75) is 23.5 Å². The van der Waals surface area contributed by atoms with Gasteiger partial charge in [-0.3, -0.25) is 0 Å². The molecule has 112 valence electrons. The van der Waals surface area contributed by atoms with Crippen LogP contribution in [0.4, 0.5) is 5.69 Å². The Bertz CT molecular complexity index is 612. The number of nitrogens with two attached hydrogens (primary N) is 1. The zero-order valence-corrected chi connectivity index (χ0v) is 13.1. The van der Waals surface area contributed by atoms with Gasteiger partial charge in [0.1, 0.15) is 4.90 Å². The van der Waals surface area contributed by atoms with E-state index in [1.807, 2.05) is 20.1 Å². The van der Waals surface area contributed by atoms with Crippen LogP contribution in [0.1, 0.15) is 24.2 Å². The molecule has 0 unspecified atom stereocenters. The van der Waals surface area contributed by atoms with Gasteiger partial charge in [-0.15, -0.1) is 0 Å². The standard InChI is InChI=1S/C12H18N2O4S2/c1-12(2,19-3)7-14-20(17,18)10-5-4-8(11(15)16)6-9(10)13/h4-6,14H,7,13H2,1-3H3,(H,15,16). The molecule has 4 N–H and O–H groups in total. The number of nitrogen functional groups attached to an aromatic ring is 1. The Morgan fingerprint density at radius 2 is 2.05 bits per heavy atom. The molecule has 0 saturated carbocycles. The number of carboxylic acids is 1. The average molecular weight is 318 g/mol. The number of hydrogen-bond acceptors (Lipinski definition) is 5. The molecular weight excluding hydrogens is 300 g/mol. The molecule has 0 atom stereocenters. The summed E-state index contributed by atoms with van der Waals surface area (Å²) < 4.78 is 26.5. The lowest BCUT2D eigenvalue weighted by atomic mass is 10.2. The summed E-state index contributed by atoms with van der Waals surface area (Å²) in [4.78, 5) is 10.7. The van der Waals surface area contributed by atoms with E-state index in [1.165, 1.54) is 23.9 Å². The number of rotatable bonds is 6. The van der Waals surface area contributed by atoms with Gasteiger partial charge in [-0.1, -0.05) is 0 Å². The molecule has 0 bridgehead atoms. The first kappa shape index (κ1) is 16.8. The maximum atomic E-state index is 12.1. The van der Waals surface area contributed by atoms with E-state index in [9.17, 15) is 13.2 Å². The van der Waals surface area contributed by atoms with Gasteiger partial charge in [0.25, 0.3) is 0 Å². The van der Waals surface area contributed by atoms with Crippen molar-refractivity contribution in [3.8, 4) is 0 Å². The number of anilines is 1. The Morgan fingerprint density at radius 1 is 1.45 bits per heavy atom. The van der Waals surface area contributed by atoms with E-state index < -0.39 is 16.0 Å². The van der Waals surface area contributed by atoms with Crippen molar-refractivity contribution in [3.63, 3.8) is 0 Å². The summed E-state index contributed by atoms with van der Waals surface area (Å²) in [5.74, 6) is -1.16. The monoisotopic (exact) mass is 318 g/mol. The first-order valence-corrected chi connectivity index (χ1v) is 8.47. The fourth-order valence-corrected chi connectivity index (χ4v) is 2.98. The molecule has 6 nitrogen and oxygen atoms in total. The van der Waals surface area contributed by atoms with Gasteiger partial charge in [-0.25, -0.2) is 17.9 Å². The zero-order chi connectivity index (χ0) is 15.6. The molecule has 0 aromatic heterocycles. The van der Waals surface area contributed by atoms with Gasteiger partial charge in [-0.2, -0.15) is 11.8 Å². The van der Waals surface area contributed by atoms with Crippen LogP contribution in [0.25, 0.3) is 0 Å². The van der Waals surface area contributed by atoms with Crippen LogP contribution in [-0.4, -0.2) is 37.0 Å². The van der Waals surface area contributed by atoms with Crippen molar-refractivity contribution < 1.29 is 18.3 Å². The predicted octanol–water partition coefficient (Wildman–Crippen LogP) is 1.39. The van der Waals surface area contributed by atoms with Crippen LogP contribution in [-0.2, 0) is 10.0 Å². The topological polar surface area (TPSA) is 109 Å². The maximum absolute atomic E-state index is 12.1. The van der Waals surface area contributed by atoms with Crippen molar-refractivity contribution in [1.29, 1.82) is 0 Å². The summed E-state index contributed by atoms with van der Waals surface area (Å²) in [6, 6.07) is 3.55. The number of benzene rings is 1. The van der Waals surface area contributed by atoms with E-state index >= 15 is 0 Å². The third-order valence-corrected chi connectivity index (χ3v) is 5.51. The summed E-state index contributed by atoms with van der Waals surface area (Å²) in [5.41, 5.74) is 5.50. The lowest BCUT2D eigenvalue weighted by molar-refractivity contribution is 0.0697. The molecule has 0 heterocycles. The molecule has 1 aromatic rings. The molecule has 0 spiro atoms. The molecule has 8 heteroatoms. The van der Waals surface area contributed by atoms with Crippen molar-refractivity contribution in [3.05, 3.63) is 23.8 Å². The van der Waals surface area contributed by atoms with Crippen molar-refractivity contribution in [2.24, 2.45) is 0 Å². The Balaban J connectivity index is 3.02. The van der Waals surface area contributed by atoms with Crippen LogP contribution in [0, 0.1) is 0 Å². The van der Waals surface area contributed by atoms with Gasteiger partial charge < -0.3 is 10.8 Å². The normalized spacial score (nSPS) is 12.3. The van der Waals surface area contributed by atoms with Crippen molar-refractivity contribution >= 4 is 33.4 Å². The predicted molar refractivity (Wildman–Crippen MR) is 80.6 cm³/mol. The zero-order valence-electron chi connectivity index (χ0n) is 11.5. The minimum Gasteiger partial charge on any atom is -0.478 e. The molecular formula is C12H18N2O4S2. The Kier molecular flexibility index (Phi) is 5.06. The molecule has 1 rings (SSSR count). The lowest BCUT2D eigenvalue weighted by Gasteiger charge is -2.22. The van der Waals surface area contributed by atoms with Crippen LogP contribution < -0.4 is 10.5 Å². The SMILES string of the molecule is CSC(C)(C)CNS(=O)(=O)c1ccc(C(=O)O)cc1N. The summed E-state index contributed by atoms with van der Waals surface area (Å²) in [5, 5.41) is 8.82. The summed E-state index contributed by atoms with van der Waals surface area (Å²) in [7, 11) is -3.76. The molecule has 0 aliphatic carbocycles. The fourth-order valence-electron chi connectivity index (χ4n) is 1.34. The van der Waals surface area contributed by atoms with E-state index in [2.05, 4.69) is 4.72 Å². The highest BCUT2D eigenvalue weighted by Crippen LogP contribution is 2.23. The fraction of sp³-hybridized carbons (Fsp3) is 0.417. The third-order valence-electron chi connectivity index (χ3n) is 2.79. The maximum Gasteiger partial charge on any atom is 0.335 e. The van der Waals surface area contributed by atoms with Crippen molar-refractivity contribution in [1.82, 2.24) is 4.72 Å². The highest BCUT2D eigenvalue weighted by molar-refractivity contribution is 8.00. The first-order chi connectivity index (χ1) is 9.09. The number of aromatic carboxylic acids is 1. The Hall–Kier alpha value is -1.25. The van der Waals surface area contributed by atoms with E-state index in [0.717, 1.165) is 6.07 Å². The first-order valence-electron chi connectivity index (χ1n) is 5.77. The van der Waals surface area contributed by atoms with Crippen molar-refractivity contribution in [2.75, 3.05) is 18.5 Å². The molecule has 0 saturated heterocycles. The molecule has 0 radical (unpaired) electrons. The third kappa shape index (κ3) is 4.12. The van der Waals surface area contributed by atoms with Crippen LogP contribution in [0.15, 0.2) is 23.1 Å². The summed E-state index contributed by atoms with van der Waals surface area (Å²) in [6.45, 7) is 4.07. The molecule has 0 fully saturated rings. The molecule has 1 aromatic carbocycles. The van der Waals surface area contributed by atoms with Gasteiger partial charge in [0.15, 0.2) is 0 Å². The van der Waals surface area contributed by atoms with E-state index in [4.69, 9.17) is 10.8 Å². The second-order valence-electron chi connectivity index (χ2n) is 4.85. The molecule has 0 aliphatic heterocycles. The van der Waals surface area contributed by atoms with E-state index in [-0.39, 0.29) is 27.4 Å². The van der Waals surface area contributed by atoms with Crippen LogP contribution in [0.2, 0.25) is 0 Å². The highest BCUT2D eigenvalue weighted by atomic mass is 32.2. The van der Waals surface area contributed by atoms with Crippen LogP contribution in [0.3, 0.4) is 0 Å². The second-order valence-corrected chi connectivity index (χ2v) is 8.09. The quantitative estimate of drug-likeness (QED) is 0.684. The van der Waals surface area contributed by atoms with Gasteiger partial charge in [0.05, 0.1) is 11.3 Å². The molecule has 0 amide bonds. The number of thioether (sulfide) groups is 1. The molecule has 20 heavy (non-hydrogen) atoms. The average Bonchev–Trinajstić information content (AvgIpc) is 2.36. The summed E-state index contributed by atoms with van der Waals surface area (Å²) >= 11 is 1.54. The number of carbonyl (C=O) groups is 1. The smallest absolute Gasteiger partial charge is 0.335 e. The number of carboxylic acid groups (broad SMARTS) is 1. The minimum absolute atomic E-state index is 0.0501. The number of sulfonamides is 1. The van der Waals surface area contributed by atoms with Crippen LogP contribution >= 0.6 is 11.8 Å². The minimum atomic E-state index is -3.76. The van der Waals surface area contributed by atoms with Gasteiger partial charge in [0, 0.05) is 11.3 Å². The second kappa shape index (κ2) is 6.02. The Labute approximate surface area is 122 Å². The van der Waals surface area contributed by atoms with Gasteiger partial charge >= 0.3 is 5.97 Å². The number of nitrogens with one attached hydrogen (secondary N) is 1. The molecule has 0 aliphatic rings. The Morgan fingerprint density at radius 3 is 2.50 bits per heavy atom. The lowest BCUT2D eigenvalue weighted by Crippen LogP contribution is -2.36. The van der Waals surface area contributed by atoms with E-state index in [1.54, 1.807) is 0 Å². The number of hydrogen-bond donors (Lipinski definition) is 3. The summed E-state index contributed by atoms with van der Waals surface area (Å²) in [6.07, 6.45) is 1.89.